The van der Waals surface area contributed by atoms with E-state index in [9.17, 15) is 0 Å². The molecule has 0 bridgehead atoms. The third-order valence-electron chi connectivity index (χ3n) is 3.43. The number of hydrogen-bond acceptors (Lipinski definition) is 3. The summed E-state index contributed by atoms with van der Waals surface area (Å²) in [5.74, 6) is 0. The van der Waals surface area contributed by atoms with Gasteiger partial charge in [0.05, 0.1) is 13.2 Å². The van der Waals surface area contributed by atoms with Crippen molar-refractivity contribution in [3.8, 4) is 0 Å². The summed E-state index contributed by atoms with van der Waals surface area (Å²) in [4.78, 5) is 2.47. The molecule has 2 fully saturated rings. The van der Waals surface area contributed by atoms with Crippen LogP contribution in [0.25, 0.3) is 0 Å². The van der Waals surface area contributed by atoms with Crippen LogP contribution in [0.2, 0.25) is 0 Å². The van der Waals surface area contributed by atoms with Gasteiger partial charge in [0.1, 0.15) is 0 Å². The van der Waals surface area contributed by atoms with Crippen molar-refractivity contribution in [2.75, 3.05) is 39.5 Å². The number of nitrogens with zero attached hydrogens (tertiary/aromatic N) is 1. The molecule has 1 aliphatic heterocycles. The third kappa shape index (κ3) is 7.50. The molecule has 0 aromatic heterocycles. The average Bonchev–Trinajstić information content (AvgIpc) is 2.37. The first-order chi connectivity index (χ1) is 7.95. The quantitative estimate of drug-likeness (QED) is 0.447. The zero-order chi connectivity index (χ0) is 11.1. The van der Waals surface area contributed by atoms with Gasteiger partial charge >= 0.3 is 31.1 Å². The van der Waals surface area contributed by atoms with Gasteiger partial charge in [-0.25, -0.2) is 0 Å². The minimum atomic E-state index is 0. The monoisotopic (exact) mass is 479 g/mol. The van der Waals surface area contributed by atoms with Crippen molar-refractivity contribution in [2.24, 2.45) is 0 Å². The Morgan fingerprint density at radius 2 is 2.00 bits per heavy atom. The molecule has 0 spiro atoms. The Balaban J connectivity index is 0.00000144. The Morgan fingerprint density at radius 3 is 2.67 bits per heavy atom. The van der Waals surface area contributed by atoms with Crippen LogP contribution in [0.3, 0.4) is 0 Å². The van der Waals surface area contributed by atoms with Gasteiger partial charge in [-0.3, -0.25) is 4.90 Å². The largest absolute Gasteiger partial charge is 2.00 e. The van der Waals surface area contributed by atoms with Gasteiger partial charge in [-0.05, 0) is 6.42 Å². The fourth-order valence-corrected chi connectivity index (χ4v) is 2.41. The Bertz CT molecular complexity index is 161. The molecule has 18 heavy (non-hydrogen) atoms. The van der Waals surface area contributed by atoms with E-state index < -0.39 is 0 Å². The molecule has 1 saturated heterocycles. The SMILES string of the molecule is [CH-]1CCCC[C@H]1OCCCN1CCOCC1.[CH3-].[U+2]. The topological polar surface area (TPSA) is 21.7 Å². The molecule has 0 unspecified atom stereocenters. The smallest absolute Gasteiger partial charge is 0.410 e. The number of hydrogen-bond donors (Lipinski definition) is 0. The van der Waals surface area contributed by atoms with Crippen LogP contribution in [0, 0.1) is 45.0 Å². The first-order valence-corrected chi connectivity index (χ1v) is 6.70. The van der Waals surface area contributed by atoms with Crippen LogP contribution in [0.15, 0.2) is 0 Å². The maximum atomic E-state index is 5.86. The summed E-state index contributed by atoms with van der Waals surface area (Å²) in [5, 5.41) is 0. The summed E-state index contributed by atoms with van der Waals surface area (Å²) in [6, 6.07) is 0. The standard InChI is InChI=1S/C13H24NO2.CH3.U/c1-2-5-13(6-3-1)16-10-4-7-14-8-11-15-12-9-14;;/h5,13H,1-4,6-12H2;1H3;/q2*-1;+2/t13-;;/m0../s1. The molecule has 1 aliphatic carbocycles. The molecule has 3 nitrogen and oxygen atoms in total. The predicted octanol–water partition coefficient (Wildman–Crippen LogP) is 2.32. The molecular formula is C14H27NO2U. The van der Waals surface area contributed by atoms with Crippen molar-refractivity contribution >= 4 is 0 Å². The maximum Gasteiger partial charge on any atom is 2.00 e. The van der Waals surface area contributed by atoms with Gasteiger partial charge in [0, 0.05) is 26.2 Å². The third-order valence-corrected chi connectivity index (χ3v) is 3.43. The number of morpholine rings is 1. The molecule has 1 atom stereocenters. The van der Waals surface area contributed by atoms with E-state index in [2.05, 4.69) is 11.3 Å². The summed E-state index contributed by atoms with van der Waals surface area (Å²) < 4.78 is 11.2. The van der Waals surface area contributed by atoms with E-state index in [0.29, 0.717) is 6.10 Å². The molecule has 1 saturated carbocycles. The van der Waals surface area contributed by atoms with Crippen LogP contribution in [0.4, 0.5) is 0 Å². The zero-order valence-electron chi connectivity index (χ0n) is 11.7. The minimum absolute atomic E-state index is 0. The van der Waals surface area contributed by atoms with Crippen LogP contribution in [0.1, 0.15) is 32.1 Å². The molecule has 0 aromatic rings. The van der Waals surface area contributed by atoms with E-state index in [4.69, 9.17) is 9.47 Å². The van der Waals surface area contributed by atoms with Gasteiger partial charge in [0.25, 0.3) is 0 Å². The molecule has 2 rings (SSSR count). The fraction of sp³-hybridized carbons (Fsp3) is 0.857. The zero-order valence-corrected chi connectivity index (χ0v) is 15.9. The van der Waals surface area contributed by atoms with Crippen LogP contribution in [0.5, 0.6) is 0 Å². The van der Waals surface area contributed by atoms with Crippen molar-refractivity contribution in [1.29, 1.82) is 0 Å². The first-order valence-electron chi connectivity index (χ1n) is 6.70. The van der Waals surface area contributed by atoms with Crippen molar-refractivity contribution in [3.05, 3.63) is 13.8 Å². The fourth-order valence-electron chi connectivity index (χ4n) is 2.41. The van der Waals surface area contributed by atoms with Crippen molar-refractivity contribution in [1.82, 2.24) is 4.90 Å². The summed E-state index contributed by atoms with van der Waals surface area (Å²) in [6.07, 6.45) is 9.12. The molecule has 0 amide bonds. The van der Waals surface area contributed by atoms with Crippen LogP contribution < -0.4 is 0 Å². The van der Waals surface area contributed by atoms with E-state index in [1.54, 1.807) is 0 Å². The van der Waals surface area contributed by atoms with Crippen molar-refractivity contribution < 1.29 is 40.6 Å². The van der Waals surface area contributed by atoms with Crippen molar-refractivity contribution in [2.45, 2.75) is 38.2 Å². The van der Waals surface area contributed by atoms with Gasteiger partial charge in [-0.1, -0.05) is 25.4 Å². The van der Waals surface area contributed by atoms with E-state index in [0.717, 1.165) is 45.9 Å². The minimum Gasteiger partial charge on any atom is -0.410 e. The van der Waals surface area contributed by atoms with E-state index in [-0.39, 0.29) is 38.5 Å². The summed E-state index contributed by atoms with van der Waals surface area (Å²) in [5.41, 5.74) is 0. The molecule has 0 radical (unpaired) electrons. The Kier molecular flexibility index (Phi) is 12.3. The van der Waals surface area contributed by atoms with Crippen LogP contribution in [-0.4, -0.2) is 50.5 Å². The van der Waals surface area contributed by atoms with Gasteiger partial charge in [0.2, 0.25) is 0 Å². The molecule has 4 heteroatoms. The Labute approximate surface area is 136 Å². The molecule has 104 valence electrons. The summed E-state index contributed by atoms with van der Waals surface area (Å²) in [6.45, 7) is 6.06. The molecule has 2 aliphatic rings. The Morgan fingerprint density at radius 1 is 1.22 bits per heavy atom. The molecule has 0 N–H and O–H groups in total. The Hall–Kier alpha value is 0.932. The molecular weight excluding hydrogens is 452 g/mol. The van der Waals surface area contributed by atoms with Crippen molar-refractivity contribution in [3.63, 3.8) is 0 Å². The van der Waals surface area contributed by atoms with Gasteiger partial charge in [0.15, 0.2) is 0 Å². The van der Waals surface area contributed by atoms with Gasteiger partial charge < -0.3 is 23.3 Å². The molecule has 1 heterocycles. The second-order valence-electron chi connectivity index (χ2n) is 4.74. The van der Waals surface area contributed by atoms with Crippen LogP contribution in [-0.2, 0) is 9.47 Å². The summed E-state index contributed by atoms with van der Waals surface area (Å²) >= 11 is 0. The first kappa shape index (κ1) is 18.9. The molecule has 0 aromatic carbocycles. The van der Waals surface area contributed by atoms with Crippen LogP contribution >= 0.6 is 0 Å². The number of rotatable bonds is 5. The second-order valence-corrected chi connectivity index (χ2v) is 4.74. The normalized spacial score (nSPS) is 25.0. The van der Waals surface area contributed by atoms with Gasteiger partial charge in [-0.15, -0.1) is 0 Å². The second kappa shape index (κ2) is 11.7. The maximum absolute atomic E-state index is 5.86. The summed E-state index contributed by atoms with van der Waals surface area (Å²) in [7, 11) is 0. The number of ether oxygens (including phenoxy) is 2. The van der Waals surface area contributed by atoms with Gasteiger partial charge in [-0.2, -0.15) is 6.42 Å². The van der Waals surface area contributed by atoms with E-state index in [1.807, 2.05) is 0 Å². The van der Waals surface area contributed by atoms with E-state index in [1.165, 1.54) is 25.7 Å². The predicted molar refractivity (Wildman–Crippen MR) is 70.8 cm³/mol. The average molecular weight is 479 g/mol. The van der Waals surface area contributed by atoms with E-state index >= 15 is 0 Å².